The number of nitrogens with one attached hydrogen (secondary N) is 2. The zero-order valence-corrected chi connectivity index (χ0v) is 26.3. The van der Waals surface area contributed by atoms with E-state index in [-0.39, 0.29) is 43.0 Å². The van der Waals surface area contributed by atoms with Crippen LogP contribution in [-0.2, 0) is 22.4 Å². The Hall–Kier alpha value is -3.69. The maximum Gasteiger partial charge on any atom is 0.250 e. The van der Waals surface area contributed by atoms with Gasteiger partial charge in [0.15, 0.2) is 0 Å². The summed E-state index contributed by atoms with van der Waals surface area (Å²) < 4.78 is 1.84. The first-order valence-electron chi connectivity index (χ1n) is 14.8. The van der Waals surface area contributed by atoms with Crippen LogP contribution in [0.3, 0.4) is 0 Å². The van der Waals surface area contributed by atoms with Gasteiger partial charge in [-0.15, -0.1) is 24.8 Å². The lowest BCUT2D eigenvalue weighted by Gasteiger charge is -2.31. The first-order valence-corrected chi connectivity index (χ1v) is 14.8. The lowest BCUT2D eigenvalue weighted by Crippen LogP contribution is -2.41. The van der Waals surface area contributed by atoms with Gasteiger partial charge in [-0.1, -0.05) is 72.8 Å². The number of nitrogens with zero attached hydrogens (tertiary/aromatic N) is 3. The molecule has 1 aliphatic rings. The number of imidazole rings is 1. The van der Waals surface area contributed by atoms with Crippen LogP contribution < -0.4 is 10.6 Å². The minimum Gasteiger partial charge on any atom is -0.387 e. The second kappa shape index (κ2) is 17.6. The van der Waals surface area contributed by atoms with Gasteiger partial charge in [-0.05, 0) is 61.1 Å². The summed E-state index contributed by atoms with van der Waals surface area (Å²) in [6.45, 7) is 2.74. The number of likely N-dealkylation sites (tertiary alicyclic amines) is 1. The zero-order chi connectivity index (χ0) is 29.1. The Kier molecular flexibility index (Phi) is 13.9. The Morgan fingerprint density at radius 2 is 1.48 bits per heavy atom. The molecule has 1 saturated heterocycles. The van der Waals surface area contributed by atoms with Crippen molar-refractivity contribution in [1.82, 2.24) is 19.8 Å². The van der Waals surface area contributed by atoms with E-state index >= 15 is 0 Å². The van der Waals surface area contributed by atoms with E-state index in [1.165, 1.54) is 0 Å². The maximum absolute atomic E-state index is 13.7. The average molecular weight is 639 g/mol. The zero-order valence-electron chi connectivity index (χ0n) is 24.7. The van der Waals surface area contributed by atoms with Gasteiger partial charge in [-0.25, -0.2) is 4.98 Å². The molecular formula is C34H41Cl2N5O3. The number of aliphatic hydroxyl groups excluding tert-OH is 1. The van der Waals surface area contributed by atoms with Crippen molar-refractivity contribution >= 4 is 42.3 Å². The molecule has 44 heavy (non-hydrogen) atoms. The van der Waals surface area contributed by atoms with Crippen LogP contribution in [-0.4, -0.2) is 57.6 Å². The fraction of sp³-hybridized carbons (Fsp3) is 0.324. The van der Waals surface area contributed by atoms with E-state index in [4.69, 9.17) is 0 Å². The number of piperidine rings is 1. The Bertz CT molecular complexity index is 1430. The third kappa shape index (κ3) is 9.40. The molecule has 10 heteroatoms. The molecule has 0 saturated carbocycles. The number of aliphatic hydroxyl groups is 1. The van der Waals surface area contributed by atoms with Gasteiger partial charge in [-0.3, -0.25) is 9.59 Å². The van der Waals surface area contributed by atoms with Crippen LogP contribution in [0.4, 0.5) is 5.69 Å². The number of carbonyl (C=O) groups excluding carboxylic acids is 2. The third-order valence-corrected chi connectivity index (χ3v) is 7.71. The molecule has 1 fully saturated rings. The highest BCUT2D eigenvalue weighted by Crippen LogP contribution is 2.25. The predicted molar refractivity (Wildman–Crippen MR) is 178 cm³/mol. The van der Waals surface area contributed by atoms with E-state index in [2.05, 4.69) is 15.6 Å². The molecule has 0 radical (unpaired) electrons. The van der Waals surface area contributed by atoms with Crippen molar-refractivity contribution in [2.75, 3.05) is 31.5 Å². The SMILES string of the molecule is Cl.Cl.O=C(Cc1nccn1[C@@H](C(=O)N1CCCCC1)c1ccccc1)Nc1ccc(CCNCC(O)c2ccccc2)cc1. The number of hydrogen-bond acceptors (Lipinski definition) is 5. The van der Waals surface area contributed by atoms with Gasteiger partial charge < -0.3 is 25.2 Å². The van der Waals surface area contributed by atoms with Crippen LogP contribution in [0.15, 0.2) is 97.3 Å². The summed E-state index contributed by atoms with van der Waals surface area (Å²) in [6.07, 6.45) is 6.95. The second-order valence-electron chi connectivity index (χ2n) is 10.8. The highest BCUT2D eigenvalue weighted by molar-refractivity contribution is 5.92. The number of carbonyl (C=O) groups is 2. The topological polar surface area (TPSA) is 99.5 Å². The number of aromatic nitrogens is 2. The summed E-state index contributed by atoms with van der Waals surface area (Å²) in [6, 6.07) is 26.6. The van der Waals surface area contributed by atoms with Crippen LogP contribution >= 0.6 is 24.8 Å². The normalized spacial score (nSPS) is 14.1. The largest absolute Gasteiger partial charge is 0.387 e. The van der Waals surface area contributed by atoms with E-state index < -0.39 is 12.1 Å². The highest BCUT2D eigenvalue weighted by Gasteiger charge is 2.30. The minimum atomic E-state index is -0.559. The van der Waals surface area contributed by atoms with Crippen LogP contribution in [0.2, 0.25) is 0 Å². The van der Waals surface area contributed by atoms with Gasteiger partial charge in [0.2, 0.25) is 11.8 Å². The van der Waals surface area contributed by atoms with Crippen molar-refractivity contribution in [3.05, 3.63) is 120 Å². The monoisotopic (exact) mass is 637 g/mol. The Balaban J connectivity index is 0.00000264. The van der Waals surface area contributed by atoms with Crippen LogP contribution in [0.1, 0.15) is 53.9 Å². The van der Waals surface area contributed by atoms with Gasteiger partial charge in [0, 0.05) is 37.7 Å². The quantitative estimate of drug-likeness (QED) is 0.181. The van der Waals surface area contributed by atoms with E-state index in [0.717, 1.165) is 62.0 Å². The summed E-state index contributed by atoms with van der Waals surface area (Å²) >= 11 is 0. The molecule has 1 unspecified atom stereocenters. The first kappa shape index (κ1) is 34.8. The second-order valence-corrected chi connectivity index (χ2v) is 10.8. The number of halogens is 2. The van der Waals surface area contributed by atoms with Gasteiger partial charge in [0.25, 0.3) is 0 Å². The maximum atomic E-state index is 13.7. The average Bonchev–Trinajstić information content (AvgIpc) is 3.48. The van der Waals surface area contributed by atoms with Crippen molar-refractivity contribution in [3.8, 4) is 0 Å². The first-order chi connectivity index (χ1) is 20.6. The molecule has 0 spiro atoms. The summed E-state index contributed by atoms with van der Waals surface area (Å²) in [5.74, 6) is 0.399. The molecule has 1 aromatic heterocycles. The molecule has 0 aliphatic carbocycles. The molecule has 234 valence electrons. The molecule has 3 N–H and O–H groups in total. The Labute approximate surface area is 271 Å². The number of benzene rings is 3. The summed E-state index contributed by atoms with van der Waals surface area (Å²) in [5, 5.41) is 16.6. The van der Waals surface area contributed by atoms with Crippen molar-refractivity contribution < 1.29 is 14.7 Å². The predicted octanol–water partition coefficient (Wildman–Crippen LogP) is 5.38. The van der Waals surface area contributed by atoms with Crippen LogP contribution in [0, 0.1) is 0 Å². The molecule has 0 bridgehead atoms. The van der Waals surface area contributed by atoms with Crippen molar-refractivity contribution in [2.45, 2.75) is 44.2 Å². The molecule has 5 rings (SSSR count). The number of anilines is 1. The molecule has 2 amide bonds. The number of rotatable bonds is 12. The molecule has 8 nitrogen and oxygen atoms in total. The van der Waals surface area contributed by atoms with Crippen molar-refractivity contribution in [1.29, 1.82) is 0 Å². The summed E-state index contributed by atoms with van der Waals surface area (Å²) in [5.41, 5.74) is 3.62. The fourth-order valence-electron chi connectivity index (χ4n) is 5.43. The van der Waals surface area contributed by atoms with Gasteiger partial charge >= 0.3 is 0 Å². The molecule has 3 aromatic carbocycles. The fourth-order valence-corrected chi connectivity index (χ4v) is 5.43. The highest BCUT2D eigenvalue weighted by atomic mass is 35.5. The van der Waals surface area contributed by atoms with Crippen LogP contribution in [0.5, 0.6) is 0 Å². The van der Waals surface area contributed by atoms with Crippen molar-refractivity contribution in [2.24, 2.45) is 0 Å². The number of amides is 2. The van der Waals surface area contributed by atoms with E-state index in [0.29, 0.717) is 18.1 Å². The Morgan fingerprint density at radius 3 is 2.14 bits per heavy atom. The molecule has 2 atom stereocenters. The molecular weight excluding hydrogens is 597 g/mol. The molecule has 4 aromatic rings. The number of hydrogen-bond donors (Lipinski definition) is 3. The third-order valence-electron chi connectivity index (χ3n) is 7.71. The summed E-state index contributed by atoms with van der Waals surface area (Å²) in [4.78, 5) is 33.2. The molecule has 2 heterocycles. The summed E-state index contributed by atoms with van der Waals surface area (Å²) in [7, 11) is 0. The molecule has 1 aliphatic heterocycles. The van der Waals surface area contributed by atoms with Gasteiger partial charge in [0.1, 0.15) is 11.9 Å². The van der Waals surface area contributed by atoms with Gasteiger partial charge in [0.05, 0.1) is 12.5 Å². The Morgan fingerprint density at radius 1 is 0.841 bits per heavy atom. The van der Waals surface area contributed by atoms with E-state index in [1.807, 2.05) is 94.4 Å². The van der Waals surface area contributed by atoms with Gasteiger partial charge in [-0.2, -0.15) is 0 Å². The standard InChI is InChI=1S/C34H39N5O3.2ClH/c40-30(27-10-4-1-5-11-27)25-35-19-18-26-14-16-29(17-15-26)37-32(41)24-31-36-20-23-39(31)33(28-12-6-2-7-13-28)34(42)38-21-8-3-9-22-38;;/h1-2,4-7,10-17,20,23,30,33,35,40H,3,8-9,18-19,21-22,24-25H2,(H,37,41);2*1H/t30?,33-;;/m1../s1. The van der Waals surface area contributed by atoms with Crippen molar-refractivity contribution in [3.63, 3.8) is 0 Å². The smallest absolute Gasteiger partial charge is 0.250 e. The van der Waals surface area contributed by atoms with E-state index in [9.17, 15) is 14.7 Å². The van der Waals surface area contributed by atoms with E-state index in [1.54, 1.807) is 12.4 Å². The van der Waals surface area contributed by atoms with Crippen LogP contribution in [0.25, 0.3) is 0 Å². The lowest BCUT2D eigenvalue weighted by atomic mass is 10.0. The minimum absolute atomic E-state index is 0. The lowest BCUT2D eigenvalue weighted by molar-refractivity contribution is -0.134.